The Morgan fingerprint density at radius 3 is 2.52 bits per heavy atom. The fourth-order valence-electron chi connectivity index (χ4n) is 3.42. The SMILES string of the molecule is CC(C)NCC1CCCCCC1Cc1cc(F)cc(Br)c1. The minimum absolute atomic E-state index is 0.134. The average Bonchev–Trinajstić information content (AvgIpc) is 2.60. The molecule has 3 heteroatoms. The van der Waals surface area contributed by atoms with E-state index in [0.717, 1.165) is 28.9 Å². The van der Waals surface area contributed by atoms with Gasteiger partial charge >= 0.3 is 0 Å². The Morgan fingerprint density at radius 2 is 1.86 bits per heavy atom. The third kappa shape index (κ3) is 5.71. The van der Waals surface area contributed by atoms with Gasteiger partial charge < -0.3 is 5.32 Å². The lowest BCUT2D eigenvalue weighted by Gasteiger charge is -2.26. The van der Waals surface area contributed by atoms with Crippen molar-refractivity contribution < 1.29 is 4.39 Å². The van der Waals surface area contributed by atoms with Crippen molar-refractivity contribution in [3.8, 4) is 0 Å². The predicted octanol–water partition coefficient (Wildman–Crippen LogP) is 5.33. The van der Waals surface area contributed by atoms with Crippen LogP contribution in [-0.4, -0.2) is 12.6 Å². The Morgan fingerprint density at radius 1 is 1.14 bits per heavy atom. The van der Waals surface area contributed by atoms with Crippen molar-refractivity contribution in [2.75, 3.05) is 6.54 Å². The van der Waals surface area contributed by atoms with Gasteiger partial charge in [0.25, 0.3) is 0 Å². The second-order valence-corrected chi connectivity index (χ2v) is 7.62. The van der Waals surface area contributed by atoms with Crippen molar-refractivity contribution in [3.63, 3.8) is 0 Å². The zero-order valence-electron chi connectivity index (χ0n) is 13.2. The second-order valence-electron chi connectivity index (χ2n) is 6.70. The van der Waals surface area contributed by atoms with Crippen molar-refractivity contribution in [1.29, 1.82) is 0 Å². The molecular weight excluding hydrogens is 329 g/mol. The summed E-state index contributed by atoms with van der Waals surface area (Å²) in [6.45, 7) is 5.50. The largest absolute Gasteiger partial charge is 0.314 e. The maximum atomic E-state index is 13.6. The number of nitrogens with one attached hydrogen (secondary N) is 1. The van der Waals surface area contributed by atoms with E-state index in [0.29, 0.717) is 12.0 Å². The highest BCUT2D eigenvalue weighted by atomic mass is 79.9. The van der Waals surface area contributed by atoms with E-state index < -0.39 is 0 Å². The molecule has 2 rings (SSSR count). The molecule has 1 N–H and O–H groups in total. The molecule has 0 saturated heterocycles. The van der Waals surface area contributed by atoms with Crippen LogP contribution in [0.25, 0.3) is 0 Å². The molecule has 0 amide bonds. The standard InChI is InChI=1S/C18H27BrFN/c1-13(2)21-12-16-7-5-3-4-6-15(16)8-14-9-17(19)11-18(20)10-14/h9-11,13,15-16,21H,3-8,12H2,1-2H3. The molecule has 118 valence electrons. The van der Waals surface area contributed by atoms with Crippen molar-refractivity contribution in [2.45, 2.75) is 58.4 Å². The highest BCUT2D eigenvalue weighted by Crippen LogP contribution is 2.32. The van der Waals surface area contributed by atoms with E-state index >= 15 is 0 Å². The van der Waals surface area contributed by atoms with Gasteiger partial charge in [-0.3, -0.25) is 0 Å². The van der Waals surface area contributed by atoms with E-state index in [9.17, 15) is 4.39 Å². The van der Waals surface area contributed by atoms with Crippen LogP contribution in [0.1, 0.15) is 51.5 Å². The van der Waals surface area contributed by atoms with Crippen molar-refractivity contribution in [3.05, 3.63) is 34.1 Å². The van der Waals surface area contributed by atoms with Gasteiger partial charge in [0.15, 0.2) is 0 Å². The molecule has 0 aromatic heterocycles. The van der Waals surface area contributed by atoms with Crippen LogP contribution < -0.4 is 5.32 Å². The molecule has 2 unspecified atom stereocenters. The van der Waals surface area contributed by atoms with Gasteiger partial charge in [0.05, 0.1) is 0 Å². The molecule has 0 aliphatic heterocycles. The fourth-order valence-corrected chi connectivity index (χ4v) is 3.93. The van der Waals surface area contributed by atoms with Crippen LogP contribution >= 0.6 is 15.9 Å². The molecule has 21 heavy (non-hydrogen) atoms. The Hall–Kier alpha value is -0.410. The van der Waals surface area contributed by atoms with Gasteiger partial charge in [-0.25, -0.2) is 4.39 Å². The summed E-state index contributed by atoms with van der Waals surface area (Å²) in [5, 5.41) is 3.60. The maximum absolute atomic E-state index is 13.6. The molecule has 0 heterocycles. The average molecular weight is 356 g/mol. The highest BCUT2D eigenvalue weighted by Gasteiger charge is 2.24. The monoisotopic (exact) mass is 355 g/mol. The maximum Gasteiger partial charge on any atom is 0.124 e. The first-order chi connectivity index (χ1) is 10.0. The summed E-state index contributed by atoms with van der Waals surface area (Å²) >= 11 is 3.41. The summed E-state index contributed by atoms with van der Waals surface area (Å²) in [4.78, 5) is 0. The molecule has 1 aliphatic rings. The first-order valence-electron chi connectivity index (χ1n) is 8.23. The lowest BCUT2D eigenvalue weighted by Crippen LogP contribution is -2.33. The number of rotatable bonds is 5. The molecule has 1 fully saturated rings. The minimum atomic E-state index is -0.134. The molecule has 0 spiro atoms. The van der Waals surface area contributed by atoms with E-state index in [-0.39, 0.29) is 5.82 Å². The molecule has 1 aromatic carbocycles. The summed E-state index contributed by atoms with van der Waals surface area (Å²) in [7, 11) is 0. The van der Waals surface area contributed by atoms with E-state index in [4.69, 9.17) is 0 Å². The topological polar surface area (TPSA) is 12.0 Å². The van der Waals surface area contributed by atoms with Crippen LogP contribution in [-0.2, 0) is 6.42 Å². The van der Waals surface area contributed by atoms with Crippen LogP contribution in [0.2, 0.25) is 0 Å². The van der Waals surface area contributed by atoms with E-state index in [1.54, 1.807) is 6.07 Å². The van der Waals surface area contributed by atoms with Gasteiger partial charge in [-0.05, 0) is 61.4 Å². The predicted molar refractivity (Wildman–Crippen MR) is 91.0 cm³/mol. The number of hydrogen-bond acceptors (Lipinski definition) is 1. The van der Waals surface area contributed by atoms with Crippen LogP contribution in [0.3, 0.4) is 0 Å². The van der Waals surface area contributed by atoms with Gasteiger partial charge in [0, 0.05) is 10.5 Å². The van der Waals surface area contributed by atoms with E-state index in [1.165, 1.54) is 38.2 Å². The van der Waals surface area contributed by atoms with E-state index in [2.05, 4.69) is 41.2 Å². The van der Waals surface area contributed by atoms with Gasteiger partial charge in [-0.1, -0.05) is 49.0 Å². The summed E-state index contributed by atoms with van der Waals surface area (Å²) < 4.78 is 14.4. The van der Waals surface area contributed by atoms with Crippen LogP contribution in [0.15, 0.2) is 22.7 Å². The Kier molecular flexibility index (Phi) is 6.69. The van der Waals surface area contributed by atoms with Gasteiger partial charge in [0.2, 0.25) is 0 Å². The first kappa shape index (κ1) is 17.0. The number of halogens is 2. The summed E-state index contributed by atoms with van der Waals surface area (Å²) in [6.07, 6.45) is 7.59. The normalized spacial score (nSPS) is 23.3. The molecule has 0 radical (unpaired) electrons. The van der Waals surface area contributed by atoms with Crippen LogP contribution in [0.5, 0.6) is 0 Å². The quantitative estimate of drug-likeness (QED) is 0.704. The minimum Gasteiger partial charge on any atom is -0.314 e. The summed E-state index contributed by atoms with van der Waals surface area (Å²) in [5.74, 6) is 1.26. The van der Waals surface area contributed by atoms with Crippen molar-refractivity contribution in [1.82, 2.24) is 5.32 Å². The zero-order chi connectivity index (χ0) is 15.2. The molecule has 1 saturated carbocycles. The van der Waals surface area contributed by atoms with Crippen molar-refractivity contribution >= 4 is 15.9 Å². The third-order valence-electron chi connectivity index (χ3n) is 4.53. The first-order valence-corrected chi connectivity index (χ1v) is 9.02. The lowest BCUT2D eigenvalue weighted by molar-refractivity contribution is 0.291. The smallest absolute Gasteiger partial charge is 0.124 e. The molecule has 1 aliphatic carbocycles. The Labute approximate surface area is 136 Å². The number of hydrogen-bond donors (Lipinski definition) is 1. The van der Waals surface area contributed by atoms with Gasteiger partial charge in [0.1, 0.15) is 5.82 Å². The molecular formula is C18H27BrFN. The second kappa shape index (κ2) is 8.28. The molecule has 1 aromatic rings. The lowest BCUT2D eigenvalue weighted by atomic mass is 9.83. The molecule has 2 atom stereocenters. The van der Waals surface area contributed by atoms with Crippen LogP contribution in [0.4, 0.5) is 4.39 Å². The fraction of sp³-hybridized carbons (Fsp3) is 0.667. The van der Waals surface area contributed by atoms with E-state index in [1.807, 2.05) is 0 Å². The Balaban J connectivity index is 2.05. The van der Waals surface area contributed by atoms with Crippen LogP contribution in [0, 0.1) is 17.7 Å². The zero-order valence-corrected chi connectivity index (χ0v) is 14.8. The Bertz CT molecular complexity index is 427. The van der Waals surface area contributed by atoms with Gasteiger partial charge in [-0.15, -0.1) is 0 Å². The summed E-state index contributed by atoms with van der Waals surface area (Å²) in [6, 6.07) is 5.84. The highest BCUT2D eigenvalue weighted by molar-refractivity contribution is 9.10. The molecule has 1 nitrogen and oxygen atoms in total. The third-order valence-corrected chi connectivity index (χ3v) is 4.98. The summed E-state index contributed by atoms with van der Waals surface area (Å²) in [5.41, 5.74) is 1.13. The number of benzene rings is 1. The molecule has 0 bridgehead atoms. The van der Waals surface area contributed by atoms with Crippen molar-refractivity contribution in [2.24, 2.45) is 11.8 Å². The van der Waals surface area contributed by atoms with Gasteiger partial charge in [-0.2, -0.15) is 0 Å².